The van der Waals surface area contributed by atoms with Crippen molar-refractivity contribution in [2.24, 2.45) is 0 Å². The van der Waals surface area contributed by atoms with E-state index in [0.717, 1.165) is 16.8 Å². The summed E-state index contributed by atoms with van der Waals surface area (Å²) < 4.78 is 25.0. The van der Waals surface area contributed by atoms with Crippen LogP contribution in [0.25, 0.3) is 27.4 Å². The number of nitrogens with one attached hydrogen (secondary N) is 1. The van der Waals surface area contributed by atoms with E-state index in [9.17, 15) is 14.7 Å². The lowest BCUT2D eigenvalue weighted by Gasteiger charge is -2.26. The van der Waals surface area contributed by atoms with Crippen molar-refractivity contribution in [3.63, 3.8) is 0 Å². The zero-order chi connectivity index (χ0) is 24.1. The maximum atomic E-state index is 15.3. The number of aromatic carboxylic acids is 1. The first-order chi connectivity index (χ1) is 17.0. The number of imidazole rings is 1. The van der Waals surface area contributed by atoms with Gasteiger partial charge in [-0.15, -0.1) is 0 Å². The SMILES string of the molecule is O=C(O)c1cn2c3c(c(NCCCn4ccnc4)c(F)cc3c1=O)Oc1cc3ccccc3cc1-2. The number of aryl methyl sites for hydroxylation is 1. The van der Waals surface area contributed by atoms with Gasteiger partial charge in [0.1, 0.15) is 16.8 Å². The highest BCUT2D eigenvalue weighted by Crippen LogP contribution is 2.46. The van der Waals surface area contributed by atoms with Crippen LogP contribution < -0.4 is 15.5 Å². The van der Waals surface area contributed by atoms with Crippen LogP contribution in [0.15, 0.2) is 72.2 Å². The third kappa shape index (κ3) is 3.40. The van der Waals surface area contributed by atoms with Crippen molar-refractivity contribution >= 4 is 33.3 Å². The van der Waals surface area contributed by atoms with Gasteiger partial charge in [0.15, 0.2) is 17.3 Å². The van der Waals surface area contributed by atoms with Gasteiger partial charge in [0.05, 0.1) is 17.4 Å². The van der Waals surface area contributed by atoms with Gasteiger partial charge in [-0.05, 0) is 35.4 Å². The molecule has 0 saturated carbocycles. The summed E-state index contributed by atoms with van der Waals surface area (Å²) in [6.45, 7) is 1.14. The average molecular weight is 470 g/mol. The van der Waals surface area contributed by atoms with Gasteiger partial charge in [0.25, 0.3) is 0 Å². The van der Waals surface area contributed by atoms with Crippen molar-refractivity contribution in [1.82, 2.24) is 14.1 Å². The standard InChI is InChI=1S/C26H19FN4O4/c27-19-12-17-23-25(22(19)29-6-3-8-30-9-7-28-14-30)35-21-11-16-5-2-1-4-15(16)10-20(21)31(23)13-18(24(17)32)26(33)34/h1-2,4-5,7,9-14,29H,3,6,8H2,(H,33,34). The fourth-order valence-electron chi connectivity index (χ4n) is 4.51. The molecule has 0 aliphatic carbocycles. The molecule has 8 nitrogen and oxygen atoms in total. The molecule has 0 fully saturated rings. The number of aromatic nitrogens is 3. The summed E-state index contributed by atoms with van der Waals surface area (Å²) >= 11 is 0. The molecule has 0 amide bonds. The monoisotopic (exact) mass is 470 g/mol. The molecule has 2 N–H and O–H groups in total. The highest BCUT2D eigenvalue weighted by molar-refractivity contribution is 6.00. The zero-order valence-corrected chi connectivity index (χ0v) is 18.4. The topological polar surface area (TPSA) is 98.4 Å². The minimum Gasteiger partial charge on any atom is -0.477 e. The van der Waals surface area contributed by atoms with Crippen LogP contribution >= 0.6 is 0 Å². The molecule has 1 aliphatic rings. The van der Waals surface area contributed by atoms with Crippen LogP contribution in [0.2, 0.25) is 0 Å². The second kappa shape index (κ2) is 7.98. The van der Waals surface area contributed by atoms with E-state index in [4.69, 9.17) is 4.74 Å². The van der Waals surface area contributed by atoms with Gasteiger partial charge in [-0.25, -0.2) is 14.2 Å². The number of halogens is 1. The lowest BCUT2D eigenvalue weighted by molar-refractivity contribution is 0.0695. The van der Waals surface area contributed by atoms with Crippen LogP contribution in [-0.4, -0.2) is 31.7 Å². The molecule has 0 radical (unpaired) electrons. The molecule has 0 unspecified atom stereocenters. The Balaban J connectivity index is 1.52. The zero-order valence-electron chi connectivity index (χ0n) is 18.4. The van der Waals surface area contributed by atoms with E-state index in [1.165, 1.54) is 6.20 Å². The van der Waals surface area contributed by atoms with Crippen LogP contribution in [0.3, 0.4) is 0 Å². The Bertz CT molecular complexity index is 1690. The summed E-state index contributed by atoms with van der Waals surface area (Å²) in [4.78, 5) is 28.8. The number of hydrogen-bond acceptors (Lipinski definition) is 5. The molecule has 5 aromatic rings. The summed E-state index contributed by atoms with van der Waals surface area (Å²) in [7, 11) is 0. The van der Waals surface area contributed by atoms with Gasteiger partial charge in [-0.1, -0.05) is 24.3 Å². The predicted molar refractivity (Wildman–Crippen MR) is 129 cm³/mol. The van der Waals surface area contributed by atoms with Gasteiger partial charge in [0, 0.05) is 31.7 Å². The summed E-state index contributed by atoms with van der Waals surface area (Å²) in [6, 6.07) is 12.4. The molecule has 0 bridgehead atoms. The summed E-state index contributed by atoms with van der Waals surface area (Å²) in [5, 5.41) is 14.5. The molecular formula is C26H19FN4O4. The van der Waals surface area contributed by atoms with Crippen molar-refractivity contribution in [1.29, 1.82) is 0 Å². The largest absolute Gasteiger partial charge is 0.477 e. The van der Waals surface area contributed by atoms with Crippen LogP contribution in [0, 0.1) is 5.82 Å². The number of pyridine rings is 1. The third-order valence-corrected chi connectivity index (χ3v) is 6.18. The lowest BCUT2D eigenvalue weighted by Crippen LogP contribution is -2.21. The van der Waals surface area contributed by atoms with E-state index in [-0.39, 0.29) is 16.8 Å². The Kier molecular flexibility index (Phi) is 4.77. The molecule has 1 aliphatic heterocycles. The summed E-state index contributed by atoms with van der Waals surface area (Å²) in [5.41, 5.74) is -0.186. The Hall–Kier alpha value is -4.66. The number of carboxylic acid groups (broad SMARTS) is 1. The Morgan fingerprint density at radius 3 is 2.71 bits per heavy atom. The number of carboxylic acids is 1. The van der Waals surface area contributed by atoms with E-state index in [0.29, 0.717) is 36.5 Å². The first kappa shape index (κ1) is 20.9. The molecule has 6 rings (SSSR count). The highest BCUT2D eigenvalue weighted by Gasteiger charge is 2.28. The predicted octanol–water partition coefficient (Wildman–Crippen LogP) is 4.79. The average Bonchev–Trinajstić information content (AvgIpc) is 3.37. The number of nitrogens with zero attached hydrogens (tertiary/aromatic N) is 3. The number of carbonyl (C=O) groups is 1. The van der Waals surface area contributed by atoms with Crippen molar-refractivity contribution < 1.29 is 19.0 Å². The van der Waals surface area contributed by atoms with E-state index in [1.807, 2.05) is 47.2 Å². The van der Waals surface area contributed by atoms with Crippen molar-refractivity contribution in [2.45, 2.75) is 13.0 Å². The maximum absolute atomic E-state index is 15.3. The molecule has 0 atom stereocenters. The normalized spacial score (nSPS) is 11.9. The summed E-state index contributed by atoms with van der Waals surface area (Å²) in [6.07, 6.45) is 7.24. The first-order valence-electron chi connectivity index (χ1n) is 11.1. The number of anilines is 1. The highest BCUT2D eigenvalue weighted by atomic mass is 19.1. The van der Waals surface area contributed by atoms with Gasteiger partial charge in [0.2, 0.25) is 5.43 Å². The molecule has 0 spiro atoms. The molecule has 3 heterocycles. The van der Waals surface area contributed by atoms with Crippen molar-refractivity contribution in [3.05, 3.63) is 89.0 Å². The smallest absolute Gasteiger partial charge is 0.341 e. The first-order valence-corrected chi connectivity index (χ1v) is 11.1. The Labute approximate surface area is 197 Å². The lowest BCUT2D eigenvalue weighted by atomic mass is 10.0. The fraction of sp³-hybridized carbons (Fsp3) is 0.115. The van der Waals surface area contributed by atoms with Crippen LogP contribution in [0.1, 0.15) is 16.8 Å². The van der Waals surface area contributed by atoms with Crippen LogP contribution in [0.5, 0.6) is 11.5 Å². The minimum absolute atomic E-state index is 0.0554. The molecule has 9 heteroatoms. The van der Waals surface area contributed by atoms with E-state index in [1.54, 1.807) is 17.1 Å². The number of hydrogen-bond donors (Lipinski definition) is 2. The summed E-state index contributed by atoms with van der Waals surface area (Å²) in [5.74, 6) is -1.48. The van der Waals surface area contributed by atoms with Crippen LogP contribution in [-0.2, 0) is 6.54 Å². The van der Waals surface area contributed by atoms with Gasteiger partial charge in [-0.2, -0.15) is 0 Å². The van der Waals surface area contributed by atoms with Gasteiger partial charge >= 0.3 is 5.97 Å². The number of fused-ring (bicyclic) bond motifs is 3. The third-order valence-electron chi connectivity index (χ3n) is 6.18. The van der Waals surface area contributed by atoms with Crippen molar-refractivity contribution in [2.75, 3.05) is 11.9 Å². The minimum atomic E-state index is -1.38. The van der Waals surface area contributed by atoms with Crippen molar-refractivity contribution in [3.8, 4) is 17.2 Å². The van der Waals surface area contributed by atoms with Crippen LogP contribution in [0.4, 0.5) is 10.1 Å². The fourth-order valence-corrected chi connectivity index (χ4v) is 4.51. The Morgan fingerprint density at radius 1 is 1.17 bits per heavy atom. The second-order valence-electron chi connectivity index (χ2n) is 8.36. The second-order valence-corrected chi connectivity index (χ2v) is 8.36. The molecule has 3 aromatic carbocycles. The Morgan fingerprint density at radius 2 is 1.97 bits per heavy atom. The van der Waals surface area contributed by atoms with Gasteiger partial charge < -0.3 is 24.3 Å². The van der Waals surface area contributed by atoms with E-state index >= 15 is 4.39 Å². The molecule has 35 heavy (non-hydrogen) atoms. The quantitative estimate of drug-likeness (QED) is 0.340. The van der Waals surface area contributed by atoms with Gasteiger partial charge in [-0.3, -0.25) is 4.79 Å². The van der Waals surface area contributed by atoms with E-state index < -0.39 is 22.8 Å². The number of ether oxygens (including phenoxy) is 1. The van der Waals surface area contributed by atoms with E-state index in [2.05, 4.69) is 10.3 Å². The molecule has 2 aromatic heterocycles. The number of benzene rings is 3. The number of rotatable bonds is 6. The maximum Gasteiger partial charge on any atom is 0.341 e. The molecule has 0 saturated heterocycles. The molecular weight excluding hydrogens is 451 g/mol. The molecule has 174 valence electrons.